The van der Waals surface area contributed by atoms with Crippen LogP contribution in [-0.4, -0.2) is 56.5 Å². The van der Waals surface area contributed by atoms with Crippen LogP contribution in [-0.2, 0) is 4.79 Å². The first-order valence-corrected chi connectivity index (χ1v) is 13.2. The summed E-state index contributed by atoms with van der Waals surface area (Å²) in [6.07, 6.45) is 4.21. The van der Waals surface area contributed by atoms with Crippen LogP contribution in [0.3, 0.4) is 0 Å². The van der Waals surface area contributed by atoms with Crippen molar-refractivity contribution in [3.05, 3.63) is 95.5 Å². The van der Waals surface area contributed by atoms with E-state index in [1.54, 1.807) is 42.3 Å². The van der Waals surface area contributed by atoms with E-state index in [0.29, 0.717) is 42.6 Å². The van der Waals surface area contributed by atoms with Crippen LogP contribution in [0, 0.1) is 30.2 Å². The van der Waals surface area contributed by atoms with Crippen LogP contribution in [0.1, 0.15) is 35.3 Å². The zero-order valence-electron chi connectivity index (χ0n) is 22.1. The van der Waals surface area contributed by atoms with Crippen LogP contribution >= 0.6 is 0 Å². The normalized spacial score (nSPS) is 16.6. The number of amides is 1. The summed E-state index contributed by atoms with van der Waals surface area (Å²) >= 11 is 0. The lowest BCUT2D eigenvalue weighted by atomic mass is 9.83. The molecular weight excluding hydrogens is 538 g/mol. The zero-order valence-corrected chi connectivity index (χ0v) is 22.1. The number of aryl methyl sites for hydroxylation is 1. The first-order valence-electron chi connectivity index (χ1n) is 13.2. The highest BCUT2D eigenvalue weighted by atomic mass is 19.2. The van der Waals surface area contributed by atoms with Crippen molar-refractivity contribution >= 4 is 17.4 Å². The van der Waals surface area contributed by atoms with Crippen LogP contribution in [0.4, 0.5) is 23.2 Å². The highest BCUT2D eigenvalue weighted by Crippen LogP contribution is 2.40. The number of hydrogen-bond acceptors (Lipinski definition) is 5. The van der Waals surface area contributed by atoms with Gasteiger partial charge in [0.2, 0.25) is 0 Å². The molecule has 41 heavy (non-hydrogen) atoms. The Morgan fingerprint density at radius 3 is 2.29 bits per heavy atom. The van der Waals surface area contributed by atoms with Crippen molar-refractivity contribution in [2.24, 2.45) is 0 Å². The van der Waals surface area contributed by atoms with Gasteiger partial charge in [-0.25, -0.2) is 22.2 Å². The number of carbonyl (C=O) groups excluding carboxylic acids is 2. The molecule has 2 fully saturated rings. The predicted octanol–water partition coefficient (Wildman–Crippen LogP) is 5.25. The number of Topliss-reactive ketones (excluding diaryl/α,β-unsaturated/α-hetero) is 1. The zero-order chi connectivity index (χ0) is 28.9. The molecule has 210 valence electrons. The average molecular weight is 564 g/mol. The van der Waals surface area contributed by atoms with E-state index in [9.17, 15) is 27.2 Å². The summed E-state index contributed by atoms with van der Waals surface area (Å²) in [5.74, 6) is -5.01. The Kier molecular flexibility index (Phi) is 6.59. The lowest BCUT2D eigenvalue weighted by Crippen LogP contribution is -2.56. The molecule has 0 saturated carbocycles. The second-order valence-corrected chi connectivity index (χ2v) is 10.4. The highest BCUT2D eigenvalue weighted by Gasteiger charge is 2.50. The molecule has 4 aromatic rings. The summed E-state index contributed by atoms with van der Waals surface area (Å²) in [4.78, 5) is 34.5. The molecule has 1 amide bonds. The lowest BCUT2D eigenvalue weighted by Gasteiger charge is -2.44. The molecule has 0 N–H and O–H groups in total. The molecule has 2 aromatic heterocycles. The molecule has 4 heterocycles. The highest BCUT2D eigenvalue weighted by molar-refractivity contribution is 5.97. The van der Waals surface area contributed by atoms with Gasteiger partial charge in [0.1, 0.15) is 11.4 Å². The van der Waals surface area contributed by atoms with E-state index in [2.05, 4.69) is 10.1 Å². The number of likely N-dealkylation sites (tertiary alicyclic amines) is 1. The van der Waals surface area contributed by atoms with E-state index >= 15 is 0 Å². The molecular formula is C30H25F4N5O2. The molecule has 0 unspecified atom stereocenters. The average Bonchev–Trinajstić information content (AvgIpc) is 3.56. The van der Waals surface area contributed by atoms with Crippen LogP contribution in [0.15, 0.2) is 60.9 Å². The maximum Gasteiger partial charge on any atom is 0.274 e. The van der Waals surface area contributed by atoms with Crippen molar-refractivity contribution in [1.29, 1.82) is 0 Å². The fraction of sp³-hybridized carbons (Fsp3) is 0.267. The number of benzene rings is 2. The largest absolute Gasteiger partial charge is 0.358 e. The van der Waals surface area contributed by atoms with Gasteiger partial charge in [0.15, 0.2) is 28.9 Å². The summed E-state index contributed by atoms with van der Waals surface area (Å²) in [7, 11) is 0. The van der Waals surface area contributed by atoms with Crippen LogP contribution in [0.2, 0.25) is 0 Å². The topological polar surface area (TPSA) is 71.3 Å². The number of aromatic nitrogens is 3. The first kappa shape index (κ1) is 26.7. The Morgan fingerprint density at radius 1 is 0.902 bits per heavy atom. The van der Waals surface area contributed by atoms with Crippen LogP contribution < -0.4 is 4.90 Å². The third-order valence-corrected chi connectivity index (χ3v) is 8.03. The molecule has 2 aromatic carbocycles. The van der Waals surface area contributed by atoms with E-state index in [1.807, 2.05) is 4.90 Å². The monoisotopic (exact) mass is 563 g/mol. The number of rotatable bonds is 4. The molecule has 2 aliphatic rings. The van der Waals surface area contributed by atoms with Gasteiger partial charge in [-0.15, -0.1) is 0 Å². The maximum atomic E-state index is 14.1. The van der Waals surface area contributed by atoms with Gasteiger partial charge >= 0.3 is 0 Å². The van der Waals surface area contributed by atoms with Gasteiger partial charge in [0.25, 0.3) is 5.91 Å². The molecule has 0 radical (unpaired) electrons. The first-order chi connectivity index (χ1) is 19.7. The Labute approximate surface area is 233 Å². The van der Waals surface area contributed by atoms with E-state index in [1.165, 1.54) is 23.0 Å². The summed E-state index contributed by atoms with van der Waals surface area (Å²) in [6, 6.07) is 11.3. The third-order valence-electron chi connectivity index (χ3n) is 8.03. The van der Waals surface area contributed by atoms with E-state index in [0.717, 1.165) is 17.8 Å². The maximum absolute atomic E-state index is 14.1. The quantitative estimate of drug-likeness (QED) is 0.251. The van der Waals surface area contributed by atoms with Gasteiger partial charge in [-0.2, -0.15) is 5.10 Å². The molecule has 2 aliphatic heterocycles. The summed E-state index contributed by atoms with van der Waals surface area (Å²) in [6.45, 7) is 2.74. The smallest absolute Gasteiger partial charge is 0.274 e. The molecule has 7 nitrogen and oxygen atoms in total. The molecule has 0 bridgehead atoms. The fourth-order valence-electron chi connectivity index (χ4n) is 5.84. The third kappa shape index (κ3) is 4.55. The minimum Gasteiger partial charge on any atom is -0.358 e. The second kappa shape index (κ2) is 10.1. The van der Waals surface area contributed by atoms with Crippen molar-refractivity contribution in [1.82, 2.24) is 19.7 Å². The van der Waals surface area contributed by atoms with Gasteiger partial charge in [-0.1, -0.05) is 0 Å². The van der Waals surface area contributed by atoms with Gasteiger partial charge < -0.3 is 9.80 Å². The van der Waals surface area contributed by atoms with Crippen LogP contribution in [0.5, 0.6) is 0 Å². The Bertz CT molecular complexity index is 1640. The van der Waals surface area contributed by atoms with Crippen molar-refractivity contribution in [3.8, 4) is 16.9 Å². The fourth-order valence-corrected chi connectivity index (χ4v) is 5.84. The van der Waals surface area contributed by atoms with E-state index in [-0.39, 0.29) is 36.1 Å². The number of ketones is 1. The molecule has 1 spiro atoms. The number of piperidine rings is 1. The standard InChI is InChI=1S/C30H25F4N5O2/c1-18-13-20(4-5-22(18)31)38-10-6-27(40)30(38)7-11-37(12-8-30)29(41)25-16-26(19-3-2-9-35-17-19)39(36-25)21-14-23(32)28(34)24(33)15-21/h2-5,9,13-17H,6-8,10-12H2,1H3. The molecule has 2 saturated heterocycles. The van der Waals surface area contributed by atoms with Crippen molar-refractivity contribution in [2.45, 2.75) is 31.7 Å². The van der Waals surface area contributed by atoms with E-state index < -0.39 is 28.9 Å². The van der Waals surface area contributed by atoms with Crippen molar-refractivity contribution in [2.75, 3.05) is 24.5 Å². The SMILES string of the molecule is Cc1cc(N2CCC(=O)C23CCN(C(=O)c2cc(-c4cccnc4)n(-c4cc(F)c(F)c(F)c4)n2)CC3)ccc1F. The van der Waals surface area contributed by atoms with Gasteiger partial charge in [0.05, 0.1) is 11.4 Å². The number of hydrogen-bond donors (Lipinski definition) is 0. The molecule has 0 aliphatic carbocycles. The van der Waals surface area contributed by atoms with E-state index in [4.69, 9.17) is 0 Å². The minimum atomic E-state index is -1.60. The number of halogens is 4. The number of anilines is 1. The minimum absolute atomic E-state index is 0.0220. The number of pyridine rings is 1. The second-order valence-electron chi connectivity index (χ2n) is 10.4. The predicted molar refractivity (Wildman–Crippen MR) is 143 cm³/mol. The van der Waals surface area contributed by atoms with Gasteiger partial charge in [0, 0.05) is 61.8 Å². The van der Waals surface area contributed by atoms with Gasteiger partial charge in [-0.3, -0.25) is 14.6 Å². The molecule has 0 atom stereocenters. The number of nitrogens with zero attached hydrogens (tertiary/aromatic N) is 5. The number of carbonyl (C=O) groups is 2. The summed E-state index contributed by atoms with van der Waals surface area (Å²) < 4.78 is 56.9. The van der Waals surface area contributed by atoms with Crippen molar-refractivity contribution < 1.29 is 27.2 Å². The molecule has 11 heteroatoms. The van der Waals surface area contributed by atoms with Crippen molar-refractivity contribution in [3.63, 3.8) is 0 Å². The molecule has 6 rings (SSSR count). The summed E-state index contributed by atoms with van der Waals surface area (Å²) in [5, 5.41) is 4.36. The Balaban J connectivity index is 1.29. The Hall–Kier alpha value is -4.54. The lowest BCUT2D eigenvalue weighted by molar-refractivity contribution is -0.123. The summed E-state index contributed by atoms with van der Waals surface area (Å²) in [5.41, 5.74) is 1.27. The Morgan fingerprint density at radius 2 is 1.63 bits per heavy atom. The van der Waals surface area contributed by atoms with Gasteiger partial charge in [-0.05, 0) is 61.7 Å². The van der Waals surface area contributed by atoms with Crippen LogP contribution in [0.25, 0.3) is 16.9 Å².